The molecule has 0 aliphatic carbocycles. The van der Waals surface area contributed by atoms with Gasteiger partial charge < -0.3 is 9.32 Å². The van der Waals surface area contributed by atoms with Crippen molar-refractivity contribution in [3.63, 3.8) is 0 Å². The lowest BCUT2D eigenvalue weighted by Gasteiger charge is -2.13. The summed E-state index contributed by atoms with van der Waals surface area (Å²) in [7, 11) is 0. The maximum atomic E-state index is 12.0. The van der Waals surface area contributed by atoms with Gasteiger partial charge in [-0.25, -0.2) is 5.43 Å². The number of anilines is 1. The Morgan fingerprint density at radius 1 is 1.30 bits per heavy atom. The number of aryl methyl sites for hydroxylation is 1. The highest BCUT2D eigenvalue weighted by atomic mass is 79.9. The summed E-state index contributed by atoms with van der Waals surface area (Å²) in [5.74, 6) is 1.18. The third-order valence-electron chi connectivity index (χ3n) is 3.75. The Bertz CT molecular complexity index is 716. The van der Waals surface area contributed by atoms with Gasteiger partial charge in [-0.05, 0) is 47.8 Å². The normalized spacial score (nSPS) is 14.6. The minimum Gasteiger partial charge on any atom is -0.438 e. The van der Waals surface area contributed by atoms with Gasteiger partial charge in [0.05, 0.1) is 10.7 Å². The van der Waals surface area contributed by atoms with Gasteiger partial charge in [0.2, 0.25) is 5.88 Å². The van der Waals surface area contributed by atoms with E-state index in [-0.39, 0.29) is 5.91 Å². The van der Waals surface area contributed by atoms with Crippen LogP contribution in [0.2, 0.25) is 0 Å². The molecule has 0 saturated carbocycles. The van der Waals surface area contributed by atoms with Crippen LogP contribution >= 0.6 is 15.9 Å². The van der Waals surface area contributed by atoms with E-state index in [1.54, 1.807) is 12.1 Å². The Hall–Kier alpha value is -2.08. The Kier molecular flexibility index (Phi) is 4.81. The number of rotatable bonds is 4. The largest absolute Gasteiger partial charge is 0.438 e. The molecule has 1 aromatic heterocycles. The van der Waals surface area contributed by atoms with Gasteiger partial charge in [-0.1, -0.05) is 17.7 Å². The number of halogens is 1. The van der Waals surface area contributed by atoms with Crippen LogP contribution in [-0.4, -0.2) is 25.2 Å². The van der Waals surface area contributed by atoms with Crippen molar-refractivity contribution in [3.05, 3.63) is 51.7 Å². The van der Waals surface area contributed by atoms with Crippen LogP contribution in [0.4, 0.5) is 5.88 Å². The lowest BCUT2D eigenvalue weighted by Crippen LogP contribution is -2.17. The van der Waals surface area contributed by atoms with Crippen LogP contribution in [0.25, 0.3) is 0 Å². The predicted octanol–water partition coefficient (Wildman–Crippen LogP) is 3.71. The molecule has 5 nitrogen and oxygen atoms in total. The van der Waals surface area contributed by atoms with Crippen LogP contribution in [-0.2, 0) is 0 Å². The van der Waals surface area contributed by atoms with E-state index in [0.717, 1.165) is 29.0 Å². The van der Waals surface area contributed by atoms with Gasteiger partial charge in [0.15, 0.2) is 5.76 Å². The fourth-order valence-corrected chi connectivity index (χ4v) is 3.06. The second kappa shape index (κ2) is 7.00. The minimum atomic E-state index is -0.244. The van der Waals surface area contributed by atoms with Gasteiger partial charge in [-0.2, -0.15) is 5.10 Å². The third-order valence-corrected chi connectivity index (χ3v) is 4.32. The van der Waals surface area contributed by atoms with Crippen LogP contribution in [0.15, 0.2) is 44.3 Å². The maximum absolute atomic E-state index is 12.0. The fourth-order valence-electron chi connectivity index (χ4n) is 2.50. The molecule has 1 N–H and O–H groups in total. The molecule has 120 valence electrons. The summed E-state index contributed by atoms with van der Waals surface area (Å²) in [6.07, 6.45) is 3.88. The third kappa shape index (κ3) is 3.82. The van der Waals surface area contributed by atoms with Crippen molar-refractivity contribution in [3.8, 4) is 0 Å². The van der Waals surface area contributed by atoms with Crippen LogP contribution in [0.3, 0.4) is 0 Å². The van der Waals surface area contributed by atoms with E-state index in [0.29, 0.717) is 11.3 Å². The van der Waals surface area contributed by atoms with E-state index in [4.69, 9.17) is 4.42 Å². The maximum Gasteiger partial charge on any atom is 0.271 e. The minimum absolute atomic E-state index is 0.244. The summed E-state index contributed by atoms with van der Waals surface area (Å²) in [5, 5.41) is 3.96. The number of benzene rings is 1. The molecule has 1 aliphatic heterocycles. The predicted molar refractivity (Wildman–Crippen MR) is 94.1 cm³/mol. The Balaban J connectivity index is 1.62. The van der Waals surface area contributed by atoms with E-state index in [1.807, 2.05) is 25.1 Å². The molecule has 6 heteroatoms. The zero-order chi connectivity index (χ0) is 16.2. The molecule has 2 heterocycles. The van der Waals surface area contributed by atoms with E-state index in [9.17, 15) is 4.79 Å². The lowest BCUT2D eigenvalue weighted by atomic mass is 10.1. The Labute approximate surface area is 143 Å². The molecule has 0 bridgehead atoms. The number of carbonyl (C=O) groups is 1. The summed E-state index contributed by atoms with van der Waals surface area (Å²) >= 11 is 3.51. The van der Waals surface area contributed by atoms with Crippen molar-refractivity contribution in [1.29, 1.82) is 0 Å². The van der Waals surface area contributed by atoms with E-state index >= 15 is 0 Å². The Morgan fingerprint density at radius 3 is 2.70 bits per heavy atom. The number of hydrogen-bond acceptors (Lipinski definition) is 4. The summed E-state index contributed by atoms with van der Waals surface area (Å²) < 4.78 is 6.69. The lowest BCUT2D eigenvalue weighted by molar-refractivity contribution is 0.0955. The molecule has 0 atom stereocenters. The first-order valence-corrected chi connectivity index (χ1v) is 8.37. The molecule has 1 fully saturated rings. The van der Waals surface area contributed by atoms with Gasteiger partial charge in [-0.3, -0.25) is 4.79 Å². The number of hydrazone groups is 1. The number of nitrogens with one attached hydrogen (secondary N) is 1. The first-order chi connectivity index (χ1) is 11.1. The van der Waals surface area contributed by atoms with Crippen molar-refractivity contribution in [1.82, 2.24) is 5.43 Å². The van der Waals surface area contributed by atoms with E-state index in [1.165, 1.54) is 19.1 Å². The summed E-state index contributed by atoms with van der Waals surface area (Å²) in [4.78, 5) is 14.2. The average molecular weight is 376 g/mol. The molecule has 1 amide bonds. The highest BCUT2D eigenvalue weighted by Gasteiger charge is 2.19. The van der Waals surface area contributed by atoms with Gasteiger partial charge >= 0.3 is 0 Å². The van der Waals surface area contributed by atoms with Crippen LogP contribution in [0, 0.1) is 6.92 Å². The molecule has 0 spiro atoms. The van der Waals surface area contributed by atoms with Gasteiger partial charge in [0.1, 0.15) is 0 Å². The van der Waals surface area contributed by atoms with E-state index in [2.05, 4.69) is 31.4 Å². The zero-order valence-electron chi connectivity index (χ0n) is 12.9. The molecule has 0 unspecified atom stereocenters. The summed E-state index contributed by atoms with van der Waals surface area (Å²) in [6.45, 7) is 3.99. The number of nitrogens with zero attached hydrogens (tertiary/aromatic N) is 2. The van der Waals surface area contributed by atoms with Gasteiger partial charge in [-0.15, -0.1) is 0 Å². The van der Waals surface area contributed by atoms with Crippen LogP contribution < -0.4 is 10.3 Å². The second-order valence-electron chi connectivity index (χ2n) is 5.56. The summed E-state index contributed by atoms with van der Waals surface area (Å²) in [6, 6.07) is 9.19. The number of amides is 1. The summed E-state index contributed by atoms with van der Waals surface area (Å²) in [5.41, 5.74) is 4.19. The van der Waals surface area contributed by atoms with Crippen LogP contribution in [0.1, 0.15) is 34.5 Å². The highest BCUT2D eigenvalue weighted by Crippen LogP contribution is 2.31. The molecule has 23 heavy (non-hydrogen) atoms. The van der Waals surface area contributed by atoms with E-state index < -0.39 is 0 Å². The van der Waals surface area contributed by atoms with Crippen molar-refractivity contribution in [2.45, 2.75) is 19.8 Å². The molecular weight excluding hydrogens is 358 g/mol. The van der Waals surface area contributed by atoms with Crippen molar-refractivity contribution in [2.75, 3.05) is 18.0 Å². The second-order valence-corrected chi connectivity index (χ2v) is 6.42. The standard InChI is InChI=1S/C17H18BrN3O2/c1-12-4-6-13(7-5-12)16(22)20-19-11-14-10-15(18)17(23-14)21-8-2-3-9-21/h4-7,10-11H,2-3,8-9H2,1H3,(H,20,22)/b19-11-. The number of carbonyl (C=O) groups excluding carboxylic acids is 1. The van der Waals surface area contributed by atoms with Gasteiger partial charge in [0, 0.05) is 24.7 Å². The fraction of sp³-hybridized carbons (Fsp3) is 0.294. The SMILES string of the molecule is Cc1ccc(C(=O)N/N=C\c2cc(Br)c(N3CCCC3)o2)cc1. The van der Waals surface area contributed by atoms with Gasteiger partial charge in [0.25, 0.3) is 5.91 Å². The number of hydrogen-bond donors (Lipinski definition) is 1. The molecule has 1 saturated heterocycles. The molecular formula is C17H18BrN3O2. The first kappa shape index (κ1) is 15.8. The molecule has 3 rings (SSSR count). The number of furan rings is 1. The smallest absolute Gasteiger partial charge is 0.271 e. The molecule has 1 aliphatic rings. The zero-order valence-corrected chi connectivity index (χ0v) is 14.5. The molecule has 1 aromatic carbocycles. The van der Waals surface area contributed by atoms with Crippen LogP contribution in [0.5, 0.6) is 0 Å². The topological polar surface area (TPSA) is 57.8 Å². The first-order valence-electron chi connectivity index (χ1n) is 7.58. The Morgan fingerprint density at radius 2 is 2.00 bits per heavy atom. The highest BCUT2D eigenvalue weighted by molar-refractivity contribution is 9.10. The average Bonchev–Trinajstić information content (AvgIpc) is 3.17. The molecule has 0 radical (unpaired) electrons. The van der Waals surface area contributed by atoms with Crippen molar-refractivity contribution in [2.24, 2.45) is 5.10 Å². The van der Waals surface area contributed by atoms with Crippen molar-refractivity contribution >= 4 is 33.9 Å². The molecule has 2 aromatic rings. The quantitative estimate of drug-likeness (QED) is 0.654. The monoisotopic (exact) mass is 375 g/mol. The van der Waals surface area contributed by atoms with Crippen molar-refractivity contribution < 1.29 is 9.21 Å².